The zero-order valence-corrected chi connectivity index (χ0v) is 20.0. The number of ether oxygens (including phenoxy) is 2. The van der Waals surface area contributed by atoms with Crippen LogP contribution < -0.4 is 10.5 Å². The smallest absolute Gasteiger partial charge is 0.328 e. The number of aliphatic carboxylic acids is 1. The fourth-order valence-electron chi connectivity index (χ4n) is 3.82. The van der Waals surface area contributed by atoms with E-state index in [0.717, 1.165) is 51.6 Å². The number of rotatable bonds is 11. The number of carboxylic acids is 1. The molecule has 0 aromatic heterocycles. The standard InChI is InChI=1S/C29H30N2O4/c1-3-26(21-9-12-25(13-10-21)35-17-16-34-2)29(23-11-14-27(31)24(18-23)19-30)22-7-4-20(5-8-22)6-15-28(32)33/h4-15,18-19,30H,3,16-17,31H2,1-2H3,(H,32,33)/b15-6+,29-26+,30-19?. The van der Waals surface area contributed by atoms with Gasteiger partial charge in [-0.1, -0.05) is 49.4 Å². The lowest BCUT2D eigenvalue weighted by atomic mass is 9.87. The molecule has 0 atom stereocenters. The average molecular weight is 471 g/mol. The maximum absolute atomic E-state index is 10.9. The number of anilines is 1. The number of nitrogens with two attached hydrogens (primary N) is 1. The summed E-state index contributed by atoms with van der Waals surface area (Å²) < 4.78 is 10.8. The van der Waals surface area contributed by atoms with Gasteiger partial charge in [-0.25, -0.2) is 4.79 Å². The van der Waals surface area contributed by atoms with E-state index in [4.69, 9.17) is 25.7 Å². The van der Waals surface area contributed by atoms with Crippen LogP contribution >= 0.6 is 0 Å². The van der Waals surface area contributed by atoms with Crippen LogP contribution in [-0.4, -0.2) is 37.6 Å². The van der Waals surface area contributed by atoms with Gasteiger partial charge in [0.05, 0.1) is 6.61 Å². The lowest BCUT2D eigenvalue weighted by Gasteiger charge is -2.18. The number of hydrogen-bond donors (Lipinski definition) is 3. The number of nitrogen functional groups attached to an aromatic ring is 1. The summed E-state index contributed by atoms with van der Waals surface area (Å²) in [6.07, 6.45) is 4.71. The Hall–Kier alpha value is -4.16. The second kappa shape index (κ2) is 12.3. The summed E-state index contributed by atoms with van der Waals surface area (Å²) >= 11 is 0. The van der Waals surface area contributed by atoms with Crippen molar-refractivity contribution < 1.29 is 19.4 Å². The number of allylic oxidation sites excluding steroid dienone is 1. The highest BCUT2D eigenvalue weighted by atomic mass is 16.5. The van der Waals surface area contributed by atoms with Gasteiger partial charge in [0, 0.05) is 30.7 Å². The van der Waals surface area contributed by atoms with E-state index in [9.17, 15) is 4.79 Å². The largest absolute Gasteiger partial charge is 0.491 e. The first-order valence-corrected chi connectivity index (χ1v) is 11.3. The van der Waals surface area contributed by atoms with E-state index in [1.54, 1.807) is 13.2 Å². The fourth-order valence-corrected chi connectivity index (χ4v) is 3.82. The van der Waals surface area contributed by atoms with Crippen molar-refractivity contribution >= 4 is 35.1 Å². The molecule has 35 heavy (non-hydrogen) atoms. The third-order valence-corrected chi connectivity index (χ3v) is 5.56. The molecule has 0 saturated heterocycles. The molecule has 0 bridgehead atoms. The molecule has 0 aliphatic heterocycles. The Morgan fingerprint density at radius 2 is 1.63 bits per heavy atom. The monoisotopic (exact) mass is 470 g/mol. The lowest BCUT2D eigenvalue weighted by Crippen LogP contribution is -2.04. The molecule has 0 amide bonds. The maximum Gasteiger partial charge on any atom is 0.328 e. The Labute approximate surface area is 205 Å². The number of carbonyl (C=O) groups is 1. The van der Waals surface area contributed by atoms with E-state index >= 15 is 0 Å². The number of nitrogens with one attached hydrogen (secondary N) is 1. The summed E-state index contributed by atoms with van der Waals surface area (Å²) in [6.45, 7) is 3.12. The van der Waals surface area contributed by atoms with Crippen molar-refractivity contribution in [2.45, 2.75) is 13.3 Å². The first-order chi connectivity index (χ1) is 17.0. The summed E-state index contributed by atoms with van der Waals surface area (Å²) in [5.74, 6) is -0.213. The van der Waals surface area contributed by atoms with Crippen molar-refractivity contribution in [3.63, 3.8) is 0 Å². The molecule has 0 spiro atoms. The van der Waals surface area contributed by atoms with Crippen LogP contribution in [0.3, 0.4) is 0 Å². The second-order valence-electron chi connectivity index (χ2n) is 7.85. The van der Waals surface area contributed by atoms with Crippen LogP contribution in [0.1, 0.15) is 41.2 Å². The molecule has 3 rings (SSSR count). The number of carboxylic acid groups (broad SMARTS) is 1. The van der Waals surface area contributed by atoms with Crippen molar-refractivity contribution in [3.05, 3.63) is 101 Å². The van der Waals surface area contributed by atoms with Crippen LogP contribution in [0.5, 0.6) is 5.75 Å². The predicted octanol–water partition coefficient (Wildman–Crippen LogP) is 5.76. The third kappa shape index (κ3) is 6.68. The van der Waals surface area contributed by atoms with E-state index in [1.807, 2.05) is 66.7 Å². The molecule has 3 aromatic rings. The van der Waals surface area contributed by atoms with Gasteiger partial charge >= 0.3 is 5.97 Å². The van der Waals surface area contributed by atoms with Crippen LogP contribution in [0, 0.1) is 5.41 Å². The lowest BCUT2D eigenvalue weighted by molar-refractivity contribution is -0.131. The summed E-state index contributed by atoms with van der Waals surface area (Å²) in [5, 5.41) is 16.7. The first kappa shape index (κ1) is 25.5. The van der Waals surface area contributed by atoms with Gasteiger partial charge in [0.2, 0.25) is 0 Å². The average Bonchev–Trinajstić information content (AvgIpc) is 2.87. The Balaban J connectivity index is 2.12. The van der Waals surface area contributed by atoms with E-state index in [-0.39, 0.29) is 0 Å². The molecule has 0 aliphatic carbocycles. The van der Waals surface area contributed by atoms with Crippen LogP contribution in [0.15, 0.2) is 72.8 Å². The highest BCUT2D eigenvalue weighted by Gasteiger charge is 2.14. The number of methoxy groups -OCH3 is 1. The molecule has 6 heteroatoms. The maximum atomic E-state index is 10.9. The summed E-state index contributed by atoms with van der Waals surface area (Å²) in [5.41, 5.74) is 13.2. The quantitative estimate of drug-likeness (QED) is 0.109. The molecule has 4 N–H and O–H groups in total. The molecule has 0 radical (unpaired) electrons. The third-order valence-electron chi connectivity index (χ3n) is 5.56. The van der Waals surface area contributed by atoms with E-state index in [2.05, 4.69) is 6.92 Å². The van der Waals surface area contributed by atoms with Crippen LogP contribution in [0.4, 0.5) is 5.69 Å². The highest BCUT2D eigenvalue weighted by molar-refractivity contribution is 6.00. The SMILES string of the molecule is CC/C(=C(/c1ccc(/C=C/C(=O)O)cc1)c1ccc(N)c(C=N)c1)c1ccc(OCCOC)cc1. The Morgan fingerprint density at radius 3 is 2.23 bits per heavy atom. The topological polar surface area (TPSA) is 106 Å². The minimum absolute atomic E-state index is 0.484. The molecule has 0 fully saturated rings. The summed E-state index contributed by atoms with van der Waals surface area (Å²) in [6, 6.07) is 21.4. The van der Waals surface area contributed by atoms with Gasteiger partial charge in [0.1, 0.15) is 12.4 Å². The molecular formula is C29H30N2O4. The summed E-state index contributed by atoms with van der Waals surface area (Å²) in [4.78, 5) is 10.9. The van der Waals surface area contributed by atoms with Crippen molar-refractivity contribution in [3.8, 4) is 5.75 Å². The molecular weight excluding hydrogens is 440 g/mol. The van der Waals surface area contributed by atoms with Gasteiger partial charge in [-0.2, -0.15) is 0 Å². The second-order valence-corrected chi connectivity index (χ2v) is 7.85. The molecule has 0 unspecified atom stereocenters. The zero-order chi connectivity index (χ0) is 25.2. The molecule has 180 valence electrons. The Bertz CT molecular complexity index is 1230. The van der Waals surface area contributed by atoms with E-state index in [1.165, 1.54) is 6.21 Å². The van der Waals surface area contributed by atoms with E-state index < -0.39 is 5.97 Å². The molecule has 0 aliphatic rings. The van der Waals surface area contributed by atoms with Gasteiger partial charge < -0.3 is 25.7 Å². The van der Waals surface area contributed by atoms with Crippen molar-refractivity contribution in [2.75, 3.05) is 26.1 Å². The van der Waals surface area contributed by atoms with Crippen molar-refractivity contribution in [1.29, 1.82) is 5.41 Å². The van der Waals surface area contributed by atoms with Gasteiger partial charge in [0.15, 0.2) is 0 Å². The highest BCUT2D eigenvalue weighted by Crippen LogP contribution is 2.36. The van der Waals surface area contributed by atoms with Crippen molar-refractivity contribution in [2.24, 2.45) is 0 Å². The van der Waals surface area contributed by atoms with Crippen LogP contribution in [0.25, 0.3) is 17.2 Å². The molecule has 6 nitrogen and oxygen atoms in total. The number of hydrogen-bond acceptors (Lipinski definition) is 5. The Kier molecular flexibility index (Phi) is 8.98. The summed E-state index contributed by atoms with van der Waals surface area (Å²) in [7, 11) is 1.64. The van der Waals surface area contributed by atoms with Crippen LogP contribution in [-0.2, 0) is 9.53 Å². The predicted molar refractivity (Wildman–Crippen MR) is 142 cm³/mol. The zero-order valence-electron chi connectivity index (χ0n) is 20.0. The molecule has 0 saturated carbocycles. The minimum atomic E-state index is -0.987. The Morgan fingerprint density at radius 1 is 0.971 bits per heavy atom. The van der Waals surface area contributed by atoms with Gasteiger partial charge in [-0.05, 0) is 70.2 Å². The normalized spacial score (nSPS) is 11.8. The van der Waals surface area contributed by atoms with Gasteiger partial charge in [0.25, 0.3) is 0 Å². The van der Waals surface area contributed by atoms with Crippen molar-refractivity contribution in [1.82, 2.24) is 0 Å². The molecule has 0 heterocycles. The van der Waals surface area contributed by atoms with Gasteiger partial charge in [-0.3, -0.25) is 0 Å². The fraction of sp³-hybridized carbons (Fsp3) is 0.172. The minimum Gasteiger partial charge on any atom is -0.491 e. The van der Waals surface area contributed by atoms with Crippen LogP contribution in [0.2, 0.25) is 0 Å². The molecule has 3 aromatic carbocycles. The van der Waals surface area contributed by atoms with Gasteiger partial charge in [-0.15, -0.1) is 0 Å². The first-order valence-electron chi connectivity index (χ1n) is 11.3. The van der Waals surface area contributed by atoms with E-state index in [0.29, 0.717) is 24.5 Å². The number of benzene rings is 3.